The van der Waals surface area contributed by atoms with Gasteiger partial charge in [0.15, 0.2) is 18.4 Å². The van der Waals surface area contributed by atoms with Crippen molar-refractivity contribution in [2.24, 2.45) is 23.7 Å². The van der Waals surface area contributed by atoms with Gasteiger partial charge in [0.2, 0.25) is 0 Å². The fourth-order valence-electron chi connectivity index (χ4n) is 9.33. The van der Waals surface area contributed by atoms with Gasteiger partial charge in [-0.1, -0.05) is 55.3 Å². The standard InChI is InChI=1S/C37H48Cl2N6O7/c1-20-15-26-24(21(2)19-44-11-13-45(14-12-44)30-18-40-29(39)17-41-30)10-9-22(3)37(26,49)33(32(20)50-23(4)46)51-34(47)28-16-36(48)25-7-6-8-27(38)31(25)43(5)52-35(36)42-28/h6-8,15,17-18,21-22,24,26,28,32-33,35,42,48-49H,9-14,16,19H2,1-5H3/t21?,22-,24+,26-,28+,32-,33+,35-,36-,37-/m1/s1. The summed E-state index contributed by atoms with van der Waals surface area (Å²) >= 11 is 12.4. The molecule has 1 aromatic carbocycles. The maximum Gasteiger partial charge on any atom is 0.323 e. The summed E-state index contributed by atoms with van der Waals surface area (Å²) in [5, 5.41) is 30.2. The molecular weight excluding hydrogens is 711 g/mol. The van der Waals surface area contributed by atoms with Gasteiger partial charge in [0.25, 0.3) is 0 Å². The van der Waals surface area contributed by atoms with E-state index in [-0.39, 0.29) is 30.1 Å². The van der Waals surface area contributed by atoms with Crippen molar-refractivity contribution in [2.75, 3.05) is 49.7 Å². The molecule has 1 unspecified atom stereocenters. The van der Waals surface area contributed by atoms with Crippen molar-refractivity contribution in [3.63, 3.8) is 0 Å². The number of hydrogen-bond acceptors (Lipinski definition) is 13. The molecule has 5 aliphatic rings. The number of halogens is 2. The summed E-state index contributed by atoms with van der Waals surface area (Å²) in [4.78, 5) is 45.8. The Morgan fingerprint density at radius 2 is 1.87 bits per heavy atom. The van der Waals surface area contributed by atoms with E-state index in [1.54, 1.807) is 37.6 Å². The maximum atomic E-state index is 14.2. The Morgan fingerprint density at radius 3 is 2.56 bits per heavy atom. The monoisotopic (exact) mass is 758 g/mol. The Hall–Kier alpha value is -3.04. The molecule has 52 heavy (non-hydrogen) atoms. The molecule has 3 aliphatic heterocycles. The smallest absolute Gasteiger partial charge is 0.323 e. The first-order chi connectivity index (χ1) is 24.7. The maximum absolute atomic E-state index is 14.2. The van der Waals surface area contributed by atoms with E-state index in [2.05, 4.69) is 32.0 Å². The molecule has 0 bridgehead atoms. The zero-order valence-corrected chi connectivity index (χ0v) is 31.7. The molecule has 0 radical (unpaired) electrons. The van der Waals surface area contributed by atoms with Crippen LogP contribution in [0.15, 0.2) is 42.2 Å². The molecule has 2 aromatic rings. The van der Waals surface area contributed by atoms with Crippen LogP contribution in [0.25, 0.3) is 0 Å². The van der Waals surface area contributed by atoms with E-state index in [0.29, 0.717) is 27.8 Å². The summed E-state index contributed by atoms with van der Waals surface area (Å²) in [7, 11) is 1.69. The number of nitrogens with one attached hydrogen (secondary N) is 1. The van der Waals surface area contributed by atoms with Gasteiger partial charge in [-0.25, -0.2) is 9.97 Å². The predicted octanol–water partition coefficient (Wildman–Crippen LogP) is 3.70. The van der Waals surface area contributed by atoms with Crippen LogP contribution in [0.5, 0.6) is 0 Å². The molecule has 2 aliphatic carbocycles. The zero-order chi connectivity index (χ0) is 37.1. The third kappa shape index (κ3) is 6.56. The molecule has 1 aromatic heterocycles. The number of nitrogens with zero attached hydrogens (tertiary/aromatic N) is 5. The van der Waals surface area contributed by atoms with Gasteiger partial charge in [-0.3, -0.25) is 29.7 Å². The second-order valence-corrected chi connectivity index (χ2v) is 16.1. The van der Waals surface area contributed by atoms with Crippen molar-refractivity contribution in [1.29, 1.82) is 0 Å². The number of aromatic nitrogens is 2. The van der Waals surface area contributed by atoms with Crippen molar-refractivity contribution >= 4 is 46.6 Å². The molecule has 10 atom stereocenters. The predicted molar refractivity (Wildman–Crippen MR) is 195 cm³/mol. The Balaban J connectivity index is 1.10. The van der Waals surface area contributed by atoms with E-state index < -0.39 is 47.6 Å². The lowest BCUT2D eigenvalue weighted by molar-refractivity contribution is -0.225. The molecule has 3 fully saturated rings. The van der Waals surface area contributed by atoms with Gasteiger partial charge >= 0.3 is 11.9 Å². The van der Waals surface area contributed by atoms with Crippen LogP contribution in [0.4, 0.5) is 11.5 Å². The van der Waals surface area contributed by atoms with Crippen molar-refractivity contribution in [2.45, 2.75) is 82.6 Å². The summed E-state index contributed by atoms with van der Waals surface area (Å²) in [6, 6.07) is 4.24. The number of fused-ring (bicyclic) bond motifs is 4. The van der Waals surface area contributed by atoms with Gasteiger partial charge in [0.1, 0.15) is 28.2 Å². The van der Waals surface area contributed by atoms with E-state index in [0.717, 1.165) is 50.5 Å². The fourth-order valence-corrected chi connectivity index (χ4v) is 9.72. The molecule has 0 amide bonds. The van der Waals surface area contributed by atoms with E-state index in [1.165, 1.54) is 12.0 Å². The highest BCUT2D eigenvalue weighted by Gasteiger charge is 2.62. The van der Waals surface area contributed by atoms with Gasteiger partial charge in [-0.2, -0.15) is 0 Å². The van der Waals surface area contributed by atoms with E-state index in [1.807, 2.05) is 19.9 Å². The molecule has 282 valence electrons. The van der Waals surface area contributed by atoms with Crippen LogP contribution in [0.1, 0.15) is 52.5 Å². The molecule has 15 heteroatoms. The van der Waals surface area contributed by atoms with Crippen molar-refractivity contribution in [3.05, 3.63) is 58.0 Å². The topological polar surface area (TPSA) is 150 Å². The average Bonchev–Trinajstić information content (AvgIpc) is 3.45. The molecule has 4 heterocycles. The number of benzene rings is 1. The number of piperazine rings is 1. The van der Waals surface area contributed by atoms with Crippen LogP contribution in [0, 0.1) is 23.7 Å². The molecule has 13 nitrogen and oxygen atoms in total. The van der Waals surface area contributed by atoms with Crippen LogP contribution >= 0.6 is 23.2 Å². The molecular formula is C37H48Cl2N6O7. The number of aliphatic hydroxyl groups is 2. The van der Waals surface area contributed by atoms with Gasteiger partial charge in [0, 0.05) is 64.6 Å². The Bertz CT molecular complexity index is 1710. The minimum absolute atomic E-state index is 0.0492. The highest BCUT2D eigenvalue weighted by Crippen LogP contribution is 2.53. The summed E-state index contributed by atoms with van der Waals surface area (Å²) < 4.78 is 12.1. The van der Waals surface area contributed by atoms with Gasteiger partial charge in [-0.15, -0.1) is 0 Å². The number of anilines is 2. The lowest BCUT2D eigenvalue weighted by Crippen LogP contribution is -2.66. The number of para-hydroxylation sites is 1. The van der Waals surface area contributed by atoms with Crippen LogP contribution in [-0.4, -0.2) is 107 Å². The van der Waals surface area contributed by atoms with Crippen molar-refractivity contribution in [3.8, 4) is 0 Å². The first-order valence-corrected chi connectivity index (χ1v) is 18.9. The number of ether oxygens (including phenoxy) is 2. The SMILES string of the molecule is CC(=O)O[C@@H]1C(C)=C[C@@H]2[C@H](C(C)CN3CCN(c4cnc(Cl)cn4)CC3)CC[C@@H](C)[C@]2(O)[C@H]1OC(=O)[C@@H]1C[C@@]2(O)c3cccc(Cl)c3N(C)O[C@H]2N1. The number of hydroxylamine groups is 1. The van der Waals surface area contributed by atoms with Crippen LogP contribution < -0.4 is 15.3 Å². The lowest BCUT2D eigenvalue weighted by atomic mass is 9.55. The summed E-state index contributed by atoms with van der Waals surface area (Å²) in [5.41, 5.74) is -1.30. The van der Waals surface area contributed by atoms with Crippen LogP contribution in [-0.2, 0) is 29.5 Å². The zero-order valence-electron chi connectivity index (χ0n) is 30.2. The number of rotatable bonds is 7. The summed E-state index contributed by atoms with van der Waals surface area (Å²) in [6.07, 6.45) is 3.77. The molecule has 1 saturated carbocycles. The van der Waals surface area contributed by atoms with Crippen LogP contribution in [0.3, 0.4) is 0 Å². The largest absolute Gasteiger partial charge is 0.454 e. The molecule has 3 N–H and O–H groups in total. The summed E-state index contributed by atoms with van der Waals surface area (Å²) in [6.45, 7) is 11.5. The van der Waals surface area contributed by atoms with Crippen molar-refractivity contribution < 1.29 is 34.1 Å². The van der Waals surface area contributed by atoms with Gasteiger partial charge in [-0.05, 0) is 49.2 Å². The van der Waals surface area contributed by atoms with Gasteiger partial charge in [0.05, 0.1) is 23.1 Å². The highest BCUT2D eigenvalue weighted by molar-refractivity contribution is 6.33. The minimum Gasteiger partial charge on any atom is -0.454 e. The van der Waals surface area contributed by atoms with Crippen LogP contribution in [0.2, 0.25) is 10.2 Å². The Labute approximate surface area is 314 Å². The van der Waals surface area contributed by atoms with Gasteiger partial charge < -0.3 is 24.6 Å². The number of esters is 2. The molecule has 2 saturated heterocycles. The number of hydrogen-bond donors (Lipinski definition) is 3. The Morgan fingerprint density at radius 1 is 1.12 bits per heavy atom. The molecule has 0 spiro atoms. The summed E-state index contributed by atoms with van der Waals surface area (Å²) in [5.74, 6) is -0.741. The molecule has 7 rings (SSSR count). The number of carbonyl (C=O) groups excluding carboxylic acids is 2. The van der Waals surface area contributed by atoms with E-state index in [9.17, 15) is 19.8 Å². The van der Waals surface area contributed by atoms with E-state index in [4.69, 9.17) is 37.5 Å². The highest BCUT2D eigenvalue weighted by atomic mass is 35.5. The Kier molecular flexibility index (Phi) is 10.3. The third-order valence-electron chi connectivity index (χ3n) is 12.1. The van der Waals surface area contributed by atoms with E-state index >= 15 is 0 Å². The quantitative estimate of drug-likeness (QED) is 0.279. The first kappa shape index (κ1) is 37.3. The first-order valence-electron chi connectivity index (χ1n) is 18.1. The average molecular weight is 760 g/mol. The second-order valence-electron chi connectivity index (χ2n) is 15.3. The number of carbonyl (C=O) groups is 2. The lowest BCUT2D eigenvalue weighted by Gasteiger charge is -2.56. The van der Waals surface area contributed by atoms with Crippen molar-refractivity contribution in [1.82, 2.24) is 20.2 Å². The minimum atomic E-state index is -1.57. The normalized spacial score (nSPS) is 35.2. The fraction of sp³-hybridized carbons (Fsp3) is 0.622. The second kappa shape index (κ2) is 14.3. The third-order valence-corrected chi connectivity index (χ3v) is 12.6.